The molecule has 0 saturated heterocycles. The Labute approximate surface area is 187 Å². The molecule has 0 aliphatic carbocycles. The highest BCUT2D eigenvalue weighted by molar-refractivity contribution is 7.15. The van der Waals surface area contributed by atoms with Gasteiger partial charge in [0.2, 0.25) is 0 Å². The third-order valence-electron chi connectivity index (χ3n) is 4.32. The van der Waals surface area contributed by atoms with E-state index in [9.17, 15) is 19.7 Å². The maximum Gasteiger partial charge on any atom is 0.341 e. The Kier molecular flexibility index (Phi) is 7.40. The summed E-state index contributed by atoms with van der Waals surface area (Å²) in [6.07, 6.45) is 0. The first-order valence-electron chi connectivity index (χ1n) is 9.53. The number of benzene rings is 2. The molecule has 0 atom stereocenters. The molecule has 0 aliphatic heterocycles. The molecule has 1 heterocycles. The van der Waals surface area contributed by atoms with Crippen molar-refractivity contribution < 1.29 is 28.7 Å². The Hall–Kier alpha value is -3.92. The number of anilines is 1. The molecule has 166 valence electrons. The van der Waals surface area contributed by atoms with E-state index in [0.29, 0.717) is 22.6 Å². The van der Waals surface area contributed by atoms with Crippen molar-refractivity contribution in [3.63, 3.8) is 0 Å². The highest BCUT2D eigenvalue weighted by Gasteiger charge is 2.24. The van der Waals surface area contributed by atoms with Gasteiger partial charge in [-0.1, -0.05) is 12.1 Å². The summed E-state index contributed by atoms with van der Waals surface area (Å²) in [6, 6.07) is 12.6. The van der Waals surface area contributed by atoms with Gasteiger partial charge < -0.3 is 19.5 Å². The van der Waals surface area contributed by atoms with E-state index < -0.39 is 16.8 Å². The first-order valence-corrected chi connectivity index (χ1v) is 10.4. The monoisotopic (exact) mass is 456 g/mol. The number of carbonyl (C=O) groups is 2. The number of non-ortho nitro benzene ring substituents is 1. The van der Waals surface area contributed by atoms with Gasteiger partial charge in [0.25, 0.3) is 11.6 Å². The smallest absolute Gasteiger partial charge is 0.341 e. The molecule has 0 bridgehead atoms. The molecule has 0 spiro atoms. The fourth-order valence-electron chi connectivity index (χ4n) is 2.84. The van der Waals surface area contributed by atoms with Gasteiger partial charge in [-0.3, -0.25) is 14.9 Å². The largest absolute Gasteiger partial charge is 0.497 e. The molecule has 0 aliphatic rings. The minimum atomic E-state index is -0.637. The van der Waals surface area contributed by atoms with Crippen molar-refractivity contribution in [3.05, 3.63) is 69.6 Å². The molecule has 0 saturated carbocycles. The standard InChI is InChI=1S/C22H20N2O7S/c1-3-30-22(26)20-18(14-5-4-6-15(11-14)24(27)28)13-32-21(20)23-19(25)12-31-17-9-7-16(29-2)8-10-17/h4-11,13H,3,12H2,1-2H3,(H,23,25). The van der Waals surface area contributed by atoms with E-state index in [1.807, 2.05) is 0 Å². The van der Waals surface area contributed by atoms with Crippen molar-refractivity contribution in [2.24, 2.45) is 0 Å². The van der Waals surface area contributed by atoms with Crippen molar-refractivity contribution in [3.8, 4) is 22.6 Å². The van der Waals surface area contributed by atoms with Gasteiger partial charge in [0, 0.05) is 23.1 Å². The number of methoxy groups -OCH3 is 1. The van der Waals surface area contributed by atoms with Crippen LogP contribution in [0.3, 0.4) is 0 Å². The fourth-order valence-corrected chi connectivity index (χ4v) is 3.81. The minimum Gasteiger partial charge on any atom is -0.497 e. The van der Waals surface area contributed by atoms with Crippen LogP contribution in [0.4, 0.5) is 10.7 Å². The van der Waals surface area contributed by atoms with E-state index in [4.69, 9.17) is 14.2 Å². The summed E-state index contributed by atoms with van der Waals surface area (Å²) in [5, 5.41) is 15.7. The molecular formula is C22H20N2O7S. The number of nitro groups is 1. The van der Waals surface area contributed by atoms with Gasteiger partial charge in [-0.2, -0.15) is 0 Å². The van der Waals surface area contributed by atoms with Crippen LogP contribution in [0.2, 0.25) is 0 Å². The van der Waals surface area contributed by atoms with Crippen LogP contribution in [-0.4, -0.2) is 37.1 Å². The average molecular weight is 456 g/mol. The Morgan fingerprint density at radius 3 is 2.50 bits per heavy atom. The molecule has 3 aromatic rings. The van der Waals surface area contributed by atoms with Gasteiger partial charge in [0.05, 0.1) is 18.6 Å². The predicted octanol–water partition coefficient (Wildman–Crippen LogP) is 4.53. The molecule has 3 rings (SSSR count). The van der Waals surface area contributed by atoms with Crippen LogP contribution in [0.1, 0.15) is 17.3 Å². The van der Waals surface area contributed by atoms with Crippen molar-refractivity contribution in [2.45, 2.75) is 6.92 Å². The summed E-state index contributed by atoms with van der Waals surface area (Å²) in [7, 11) is 1.55. The van der Waals surface area contributed by atoms with Gasteiger partial charge >= 0.3 is 5.97 Å². The predicted molar refractivity (Wildman–Crippen MR) is 119 cm³/mol. The van der Waals surface area contributed by atoms with E-state index in [2.05, 4.69) is 5.32 Å². The summed E-state index contributed by atoms with van der Waals surface area (Å²) >= 11 is 1.12. The highest BCUT2D eigenvalue weighted by atomic mass is 32.1. The summed E-state index contributed by atoms with van der Waals surface area (Å²) in [5.41, 5.74) is 0.925. The van der Waals surface area contributed by atoms with Crippen LogP contribution < -0.4 is 14.8 Å². The number of nitrogens with one attached hydrogen (secondary N) is 1. The van der Waals surface area contributed by atoms with Crippen molar-refractivity contribution in [1.82, 2.24) is 0 Å². The van der Waals surface area contributed by atoms with Crippen LogP contribution in [-0.2, 0) is 9.53 Å². The summed E-state index contributed by atoms with van der Waals surface area (Å²) < 4.78 is 15.7. The Bertz CT molecular complexity index is 1130. The number of amides is 1. The lowest BCUT2D eigenvalue weighted by molar-refractivity contribution is -0.384. The normalized spacial score (nSPS) is 10.3. The molecule has 1 amide bonds. The van der Waals surface area contributed by atoms with Crippen molar-refractivity contribution in [1.29, 1.82) is 0 Å². The van der Waals surface area contributed by atoms with Crippen LogP contribution in [0.15, 0.2) is 53.9 Å². The molecule has 32 heavy (non-hydrogen) atoms. The second kappa shape index (κ2) is 10.4. The number of ether oxygens (including phenoxy) is 3. The van der Waals surface area contributed by atoms with Crippen LogP contribution in [0.5, 0.6) is 11.5 Å². The van der Waals surface area contributed by atoms with Gasteiger partial charge in [-0.05, 0) is 36.8 Å². The van der Waals surface area contributed by atoms with Crippen molar-refractivity contribution >= 4 is 33.9 Å². The van der Waals surface area contributed by atoms with Crippen LogP contribution in [0.25, 0.3) is 11.1 Å². The molecule has 10 heteroatoms. The zero-order valence-electron chi connectivity index (χ0n) is 17.3. The molecular weight excluding hydrogens is 436 g/mol. The van der Waals surface area contributed by atoms with Gasteiger partial charge in [-0.25, -0.2) is 4.79 Å². The molecule has 1 N–H and O–H groups in total. The summed E-state index contributed by atoms with van der Waals surface area (Å²) in [4.78, 5) is 35.7. The topological polar surface area (TPSA) is 117 Å². The molecule has 9 nitrogen and oxygen atoms in total. The Morgan fingerprint density at radius 2 is 1.84 bits per heavy atom. The first kappa shape index (κ1) is 22.8. The summed E-state index contributed by atoms with van der Waals surface area (Å²) in [6.45, 7) is 1.52. The zero-order chi connectivity index (χ0) is 23.1. The SMILES string of the molecule is CCOC(=O)c1c(-c2cccc([N+](=O)[O-])c2)csc1NC(=O)COc1ccc(OC)cc1. The number of nitro benzene ring substituents is 1. The lowest BCUT2D eigenvalue weighted by atomic mass is 10.0. The number of rotatable bonds is 9. The van der Waals surface area contributed by atoms with Crippen LogP contribution >= 0.6 is 11.3 Å². The number of thiophene rings is 1. The second-order valence-electron chi connectivity index (χ2n) is 6.39. The maximum atomic E-state index is 12.6. The second-order valence-corrected chi connectivity index (χ2v) is 7.27. The van der Waals surface area contributed by atoms with Crippen LogP contribution in [0, 0.1) is 10.1 Å². The minimum absolute atomic E-state index is 0.109. The third-order valence-corrected chi connectivity index (χ3v) is 5.22. The highest BCUT2D eigenvalue weighted by Crippen LogP contribution is 2.37. The van der Waals surface area contributed by atoms with E-state index in [-0.39, 0.29) is 29.5 Å². The Balaban J connectivity index is 1.81. The first-order chi connectivity index (χ1) is 15.4. The van der Waals surface area contributed by atoms with E-state index in [0.717, 1.165) is 11.3 Å². The van der Waals surface area contributed by atoms with E-state index in [1.54, 1.807) is 49.7 Å². The summed E-state index contributed by atoms with van der Waals surface area (Å²) in [5.74, 6) is 0.0311. The number of hydrogen-bond acceptors (Lipinski definition) is 8. The lowest BCUT2D eigenvalue weighted by Gasteiger charge is -2.10. The zero-order valence-corrected chi connectivity index (χ0v) is 18.1. The quantitative estimate of drug-likeness (QED) is 0.286. The van der Waals surface area contributed by atoms with Crippen molar-refractivity contribution in [2.75, 3.05) is 25.6 Å². The molecule has 1 aromatic heterocycles. The van der Waals surface area contributed by atoms with E-state index >= 15 is 0 Å². The number of carbonyl (C=O) groups excluding carboxylic acids is 2. The van der Waals surface area contributed by atoms with Gasteiger partial charge in [0.1, 0.15) is 22.1 Å². The molecule has 0 fully saturated rings. The molecule has 0 radical (unpaired) electrons. The number of hydrogen-bond donors (Lipinski definition) is 1. The van der Waals surface area contributed by atoms with Gasteiger partial charge in [0.15, 0.2) is 6.61 Å². The third kappa shape index (κ3) is 5.41. The van der Waals surface area contributed by atoms with E-state index in [1.165, 1.54) is 18.2 Å². The average Bonchev–Trinajstić information content (AvgIpc) is 3.21. The molecule has 0 unspecified atom stereocenters. The molecule has 2 aromatic carbocycles. The van der Waals surface area contributed by atoms with Gasteiger partial charge in [-0.15, -0.1) is 11.3 Å². The fraction of sp³-hybridized carbons (Fsp3) is 0.182. The Morgan fingerprint density at radius 1 is 1.12 bits per heavy atom. The number of esters is 1. The number of nitrogens with zero attached hydrogens (tertiary/aromatic N) is 1. The maximum absolute atomic E-state index is 12.6. The lowest BCUT2D eigenvalue weighted by Crippen LogP contribution is -2.21.